The minimum Gasteiger partial charge on any atom is -0.396 e. The quantitative estimate of drug-likeness (QED) is 0.274. The molecule has 0 unspecified atom stereocenters. The van der Waals surface area contributed by atoms with Crippen LogP contribution in [0.25, 0.3) is 22.3 Å². The maximum Gasteiger partial charge on any atom is 0.224 e. The van der Waals surface area contributed by atoms with Crippen LogP contribution < -0.4 is 16.4 Å². The molecule has 13 heteroatoms. The number of pyridine rings is 1. The van der Waals surface area contributed by atoms with Gasteiger partial charge in [0.15, 0.2) is 5.82 Å². The van der Waals surface area contributed by atoms with Crippen molar-refractivity contribution in [2.24, 2.45) is 0 Å². The topological polar surface area (TPSA) is 117 Å². The van der Waals surface area contributed by atoms with Crippen molar-refractivity contribution in [1.82, 2.24) is 14.6 Å². The fourth-order valence-electron chi connectivity index (χ4n) is 4.93. The van der Waals surface area contributed by atoms with Crippen molar-refractivity contribution in [3.05, 3.63) is 65.5 Å². The molecule has 2 heterocycles. The highest BCUT2D eigenvalue weighted by Gasteiger charge is 2.30. The van der Waals surface area contributed by atoms with Gasteiger partial charge in [0.2, 0.25) is 15.9 Å². The smallest absolute Gasteiger partial charge is 0.224 e. The molecular weight excluding hydrogens is 550 g/mol. The number of nitrogen functional groups attached to an aromatic ring is 1. The zero-order valence-corrected chi connectivity index (χ0v) is 22.7. The van der Waals surface area contributed by atoms with E-state index in [1.165, 1.54) is 10.5 Å². The number of halogens is 4. The molecule has 4 rings (SSSR count). The highest BCUT2D eigenvalue weighted by Crippen LogP contribution is 2.44. The second-order valence-corrected chi connectivity index (χ2v) is 11.5. The lowest BCUT2D eigenvalue weighted by Crippen LogP contribution is -2.53. The third-order valence-corrected chi connectivity index (χ3v) is 8.10. The highest BCUT2D eigenvalue weighted by molar-refractivity contribution is 7.88. The number of aromatic nitrogens is 1. The molecule has 1 aliphatic rings. The third-order valence-electron chi connectivity index (χ3n) is 6.76. The number of nitrogens with zero attached hydrogens (tertiary/aromatic N) is 2. The molecule has 8 nitrogen and oxygen atoms in total. The second-order valence-electron chi connectivity index (χ2n) is 9.55. The van der Waals surface area contributed by atoms with E-state index in [-0.39, 0.29) is 59.3 Å². The number of hydrogen-bond donors (Lipinski definition) is 3. The Labute approximate surface area is 229 Å². The number of amides is 1. The van der Waals surface area contributed by atoms with Gasteiger partial charge in [-0.15, -0.1) is 0 Å². The number of rotatable bonds is 8. The number of carbonyl (C=O) groups excluding carboxylic acids is 1. The number of nitrogens with one attached hydrogen (secondary N) is 2. The Balaban J connectivity index is 1.92. The van der Waals surface area contributed by atoms with E-state index in [0.29, 0.717) is 19.2 Å². The van der Waals surface area contributed by atoms with Crippen LogP contribution >= 0.6 is 0 Å². The number of anilines is 2. The predicted molar refractivity (Wildman–Crippen MR) is 145 cm³/mol. The van der Waals surface area contributed by atoms with E-state index in [1.54, 1.807) is 6.92 Å². The molecule has 1 saturated heterocycles. The third kappa shape index (κ3) is 6.26. The lowest BCUT2D eigenvalue weighted by Gasteiger charge is -2.34. The molecule has 1 atom stereocenters. The molecule has 1 aliphatic heterocycles. The Hall–Kier alpha value is -3.55. The van der Waals surface area contributed by atoms with Crippen LogP contribution in [0, 0.1) is 23.3 Å². The normalized spacial score (nSPS) is 16.2. The maximum absolute atomic E-state index is 15.7. The molecule has 0 bridgehead atoms. The standard InChI is InChI=1S/C27H29F4N5O3S/c1-3-24(37)35-23-11-22(32)27(31)25(15-8-16(28)10-17(29)9-15)26(23)20-13-34-14-21(30)19(20)5-4-18-12-33-6-7-36(18)40(2,38)39/h8-11,13-14,18,33H,3-7,12,32H2,1-2H3,(H,35,37)/t18-/m1/s1. The Morgan fingerprint density at radius 2 is 1.82 bits per heavy atom. The van der Waals surface area contributed by atoms with Gasteiger partial charge in [0.05, 0.1) is 23.8 Å². The van der Waals surface area contributed by atoms with Gasteiger partial charge in [-0.2, -0.15) is 4.31 Å². The molecule has 0 saturated carbocycles. The molecule has 1 amide bonds. The van der Waals surface area contributed by atoms with Crippen LogP contribution in [0.3, 0.4) is 0 Å². The Morgan fingerprint density at radius 1 is 1.12 bits per heavy atom. The number of hydrogen-bond acceptors (Lipinski definition) is 6. The average molecular weight is 580 g/mol. The predicted octanol–water partition coefficient (Wildman–Crippen LogP) is 4.07. The van der Waals surface area contributed by atoms with Gasteiger partial charge in [-0.3, -0.25) is 9.78 Å². The van der Waals surface area contributed by atoms with Crippen molar-refractivity contribution in [1.29, 1.82) is 0 Å². The Morgan fingerprint density at radius 3 is 2.48 bits per heavy atom. The number of sulfonamides is 1. The van der Waals surface area contributed by atoms with Crippen LogP contribution in [-0.2, 0) is 21.2 Å². The molecule has 1 fully saturated rings. The molecule has 0 spiro atoms. The summed E-state index contributed by atoms with van der Waals surface area (Å²) in [4.78, 5) is 16.3. The second kappa shape index (κ2) is 11.9. The molecule has 1 aromatic heterocycles. The van der Waals surface area contributed by atoms with Gasteiger partial charge >= 0.3 is 0 Å². The molecule has 0 radical (unpaired) electrons. The largest absolute Gasteiger partial charge is 0.396 e. The minimum atomic E-state index is -3.53. The van der Waals surface area contributed by atoms with Gasteiger partial charge in [-0.1, -0.05) is 6.92 Å². The van der Waals surface area contributed by atoms with Crippen molar-refractivity contribution in [3.63, 3.8) is 0 Å². The first-order valence-corrected chi connectivity index (χ1v) is 14.4. The van der Waals surface area contributed by atoms with Gasteiger partial charge in [0, 0.05) is 61.1 Å². The monoisotopic (exact) mass is 579 g/mol. The first-order chi connectivity index (χ1) is 18.9. The van der Waals surface area contributed by atoms with Crippen LogP contribution in [-0.4, -0.2) is 55.5 Å². The summed E-state index contributed by atoms with van der Waals surface area (Å²) in [5.74, 6) is -4.21. The van der Waals surface area contributed by atoms with E-state index < -0.39 is 50.9 Å². The highest BCUT2D eigenvalue weighted by atomic mass is 32.2. The van der Waals surface area contributed by atoms with Crippen LogP contribution in [0.1, 0.15) is 25.3 Å². The van der Waals surface area contributed by atoms with Crippen LogP contribution in [0.2, 0.25) is 0 Å². The van der Waals surface area contributed by atoms with Gasteiger partial charge in [-0.05, 0) is 42.2 Å². The zero-order valence-electron chi connectivity index (χ0n) is 21.9. The number of nitrogens with two attached hydrogens (primary N) is 1. The summed E-state index contributed by atoms with van der Waals surface area (Å²) < 4.78 is 85.6. The summed E-state index contributed by atoms with van der Waals surface area (Å²) in [6, 6.07) is 3.10. The van der Waals surface area contributed by atoms with E-state index in [0.717, 1.165) is 30.7 Å². The summed E-state index contributed by atoms with van der Waals surface area (Å²) in [6.45, 7) is 2.65. The molecule has 3 aromatic rings. The molecule has 0 aliphatic carbocycles. The molecule has 214 valence electrons. The molecule has 2 aromatic carbocycles. The first-order valence-electron chi connectivity index (χ1n) is 12.6. The van der Waals surface area contributed by atoms with Gasteiger partial charge in [-0.25, -0.2) is 26.0 Å². The van der Waals surface area contributed by atoms with Gasteiger partial charge in [0.25, 0.3) is 0 Å². The SMILES string of the molecule is CCC(=O)Nc1cc(N)c(F)c(-c2cc(F)cc(F)c2)c1-c1cncc(F)c1CC[C@@H]1CNCCN1S(C)(=O)=O. The maximum atomic E-state index is 15.7. The van der Waals surface area contributed by atoms with Crippen LogP contribution in [0.15, 0.2) is 36.7 Å². The molecule has 40 heavy (non-hydrogen) atoms. The minimum absolute atomic E-state index is 0.00355. The van der Waals surface area contributed by atoms with Crippen molar-refractivity contribution in [2.45, 2.75) is 32.2 Å². The summed E-state index contributed by atoms with van der Waals surface area (Å²) in [7, 11) is -3.53. The first kappa shape index (κ1) is 29.4. The van der Waals surface area contributed by atoms with Gasteiger partial charge < -0.3 is 16.4 Å². The summed E-state index contributed by atoms with van der Waals surface area (Å²) >= 11 is 0. The Bertz CT molecular complexity index is 1530. The van der Waals surface area contributed by atoms with Crippen molar-refractivity contribution in [2.75, 3.05) is 36.9 Å². The summed E-state index contributed by atoms with van der Waals surface area (Å²) in [5.41, 5.74) is 4.97. The van der Waals surface area contributed by atoms with Crippen molar-refractivity contribution >= 4 is 27.3 Å². The fourth-order valence-corrected chi connectivity index (χ4v) is 6.08. The summed E-state index contributed by atoms with van der Waals surface area (Å²) in [6.07, 6.45) is 3.58. The van der Waals surface area contributed by atoms with E-state index in [4.69, 9.17) is 5.73 Å². The van der Waals surface area contributed by atoms with Crippen LogP contribution in [0.4, 0.5) is 28.9 Å². The van der Waals surface area contributed by atoms with Crippen molar-refractivity contribution in [3.8, 4) is 22.3 Å². The van der Waals surface area contributed by atoms with E-state index in [1.807, 2.05) is 0 Å². The fraction of sp³-hybridized carbons (Fsp3) is 0.333. The number of carbonyl (C=O) groups is 1. The average Bonchev–Trinajstić information content (AvgIpc) is 2.88. The molecular formula is C27H29F4N5O3S. The van der Waals surface area contributed by atoms with E-state index >= 15 is 8.78 Å². The lowest BCUT2D eigenvalue weighted by molar-refractivity contribution is -0.115. The Kier molecular flexibility index (Phi) is 8.76. The summed E-state index contributed by atoms with van der Waals surface area (Å²) in [5, 5.41) is 5.76. The number of benzene rings is 2. The molecule has 4 N–H and O–H groups in total. The van der Waals surface area contributed by atoms with E-state index in [2.05, 4.69) is 15.6 Å². The van der Waals surface area contributed by atoms with Crippen LogP contribution in [0.5, 0.6) is 0 Å². The number of piperazine rings is 1. The zero-order chi connectivity index (χ0) is 29.2. The lowest BCUT2D eigenvalue weighted by atomic mass is 9.88. The van der Waals surface area contributed by atoms with E-state index in [9.17, 15) is 22.0 Å². The van der Waals surface area contributed by atoms with Crippen molar-refractivity contribution < 1.29 is 30.8 Å². The van der Waals surface area contributed by atoms with Gasteiger partial charge in [0.1, 0.15) is 17.5 Å².